The molecule has 0 unspecified atom stereocenters. The van der Waals surface area contributed by atoms with Gasteiger partial charge in [-0.3, -0.25) is 9.59 Å². The van der Waals surface area contributed by atoms with Gasteiger partial charge in [0.05, 0.1) is 11.3 Å². The van der Waals surface area contributed by atoms with Crippen LogP contribution in [0.15, 0.2) is 78.5 Å². The molecule has 0 bridgehead atoms. The van der Waals surface area contributed by atoms with Crippen LogP contribution in [0.4, 0.5) is 15.8 Å². The first-order valence-electron chi connectivity index (χ1n) is 10.8. The minimum absolute atomic E-state index is 0.181. The van der Waals surface area contributed by atoms with Gasteiger partial charge in [-0.2, -0.15) is 0 Å². The number of unbranched alkanes of at least 4 members (excludes halogenated alkanes) is 1. The first-order chi connectivity index (χ1) is 15.5. The Morgan fingerprint density at radius 1 is 0.844 bits per heavy atom. The molecule has 5 heteroatoms. The van der Waals surface area contributed by atoms with Crippen molar-refractivity contribution < 1.29 is 14.0 Å². The van der Waals surface area contributed by atoms with E-state index in [1.54, 1.807) is 0 Å². The summed E-state index contributed by atoms with van der Waals surface area (Å²) in [6, 6.07) is 20.7. The van der Waals surface area contributed by atoms with Gasteiger partial charge in [0.25, 0.3) is 11.8 Å². The van der Waals surface area contributed by atoms with Gasteiger partial charge in [-0.05, 0) is 67.3 Å². The number of amides is 2. The number of nitrogens with one attached hydrogen (secondary N) is 1. The number of halogens is 1. The number of carbonyl (C=O) groups is 2. The molecule has 0 saturated carbocycles. The van der Waals surface area contributed by atoms with Crippen LogP contribution < -0.4 is 10.2 Å². The van der Waals surface area contributed by atoms with Crippen LogP contribution in [-0.4, -0.2) is 11.8 Å². The molecule has 162 valence electrons. The Hall–Kier alpha value is -3.73. The smallest absolute Gasteiger partial charge is 0.282 e. The lowest BCUT2D eigenvalue weighted by Gasteiger charge is -2.16. The third-order valence-corrected chi connectivity index (χ3v) is 5.55. The number of benzene rings is 3. The predicted molar refractivity (Wildman–Crippen MR) is 126 cm³/mol. The average Bonchev–Trinajstić information content (AvgIpc) is 3.04. The zero-order chi connectivity index (χ0) is 22.7. The monoisotopic (exact) mass is 428 g/mol. The number of aryl methyl sites for hydroxylation is 2. The summed E-state index contributed by atoms with van der Waals surface area (Å²) in [4.78, 5) is 28.1. The van der Waals surface area contributed by atoms with Gasteiger partial charge in [-0.1, -0.05) is 55.3 Å². The van der Waals surface area contributed by atoms with E-state index in [-0.39, 0.29) is 17.4 Å². The Morgan fingerprint density at radius 3 is 2.12 bits per heavy atom. The van der Waals surface area contributed by atoms with E-state index in [4.69, 9.17) is 0 Å². The molecule has 3 aromatic rings. The molecule has 4 nitrogen and oxygen atoms in total. The number of carbonyl (C=O) groups excluding carboxylic acids is 2. The standard InChI is InChI=1S/C27H25FN2O2/c1-3-4-5-19-8-16-23(17-9-19)30-26(31)24(20-10-6-18(2)7-11-20)25(27(30)32)29-22-14-12-21(28)13-15-22/h6-17,29H,3-5H2,1-2H3. The number of anilines is 2. The third-order valence-electron chi connectivity index (χ3n) is 5.55. The molecular formula is C27H25FN2O2. The number of nitrogens with zero attached hydrogens (tertiary/aromatic N) is 1. The summed E-state index contributed by atoms with van der Waals surface area (Å²) in [6.45, 7) is 4.10. The normalized spacial score (nSPS) is 13.8. The van der Waals surface area contributed by atoms with Crippen molar-refractivity contribution >= 4 is 28.8 Å². The largest absolute Gasteiger partial charge is 0.350 e. The third kappa shape index (κ3) is 4.33. The number of hydrogen-bond acceptors (Lipinski definition) is 3. The van der Waals surface area contributed by atoms with E-state index in [1.807, 2.05) is 55.5 Å². The van der Waals surface area contributed by atoms with Crippen LogP contribution in [0.25, 0.3) is 5.57 Å². The highest BCUT2D eigenvalue weighted by Gasteiger charge is 2.40. The maximum absolute atomic E-state index is 13.5. The summed E-state index contributed by atoms with van der Waals surface area (Å²) in [5.74, 6) is -1.19. The minimum atomic E-state index is -0.434. The van der Waals surface area contributed by atoms with E-state index >= 15 is 0 Å². The summed E-state index contributed by atoms with van der Waals surface area (Å²) in [7, 11) is 0. The molecule has 0 saturated heterocycles. The first-order valence-corrected chi connectivity index (χ1v) is 10.8. The maximum atomic E-state index is 13.5. The van der Waals surface area contributed by atoms with Gasteiger partial charge in [-0.15, -0.1) is 0 Å². The van der Waals surface area contributed by atoms with Gasteiger partial charge in [0, 0.05) is 5.69 Å². The van der Waals surface area contributed by atoms with E-state index in [1.165, 1.54) is 34.7 Å². The van der Waals surface area contributed by atoms with Gasteiger partial charge in [0.1, 0.15) is 11.5 Å². The van der Waals surface area contributed by atoms with Gasteiger partial charge in [0.2, 0.25) is 0 Å². The molecule has 0 aromatic heterocycles. The molecular weight excluding hydrogens is 403 g/mol. The molecule has 1 aliphatic rings. The zero-order valence-electron chi connectivity index (χ0n) is 18.2. The molecule has 1 N–H and O–H groups in total. The maximum Gasteiger partial charge on any atom is 0.282 e. The number of hydrogen-bond donors (Lipinski definition) is 1. The number of imide groups is 1. The van der Waals surface area contributed by atoms with E-state index < -0.39 is 5.91 Å². The average molecular weight is 429 g/mol. The van der Waals surface area contributed by atoms with Crippen molar-refractivity contribution in [3.8, 4) is 0 Å². The van der Waals surface area contributed by atoms with Gasteiger partial charge in [-0.25, -0.2) is 9.29 Å². The molecule has 0 spiro atoms. The molecule has 0 radical (unpaired) electrons. The summed E-state index contributed by atoms with van der Waals surface area (Å²) in [5.41, 5.74) is 4.42. The van der Waals surface area contributed by atoms with Crippen molar-refractivity contribution in [1.82, 2.24) is 0 Å². The van der Waals surface area contributed by atoms with Crippen LogP contribution >= 0.6 is 0 Å². The van der Waals surface area contributed by atoms with Crippen LogP contribution in [-0.2, 0) is 16.0 Å². The molecule has 1 heterocycles. The highest BCUT2D eigenvalue weighted by molar-refractivity contribution is 6.46. The Morgan fingerprint density at radius 2 is 1.50 bits per heavy atom. The second-order valence-corrected chi connectivity index (χ2v) is 7.96. The van der Waals surface area contributed by atoms with E-state index in [0.29, 0.717) is 22.5 Å². The second kappa shape index (κ2) is 9.18. The molecule has 0 fully saturated rings. The van der Waals surface area contributed by atoms with Crippen LogP contribution in [0.5, 0.6) is 0 Å². The SMILES string of the molecule is CCCCc1ccc(N2C(=O)C(Nc3ccc(F)cc3)=C(c3ccc(C)cc3)C2=O)cc1. The van der Waals surface area contributed by atoms with E-state index in [0.717, 1.165) is 24.8 Å². The number of rotatable bonds is 7. The fourth-order valence-corrected chi connectivity index (χ4v) is 3.74. The second-order valence-electron chi connectivity index (χ2n) is 7.96. The van der Waals surface area contributed by atoms with Crippen molar-refractivity contribution in [3.05, 3.63) is 101 Å². The summed E-state index contributed by atoms with van der Waals surface area (Å²) in [5, 5.41) is 3.05. The molecule has 4 rings (SSSR count). The zero-order valence-corrected chi connectivity index (χ0v) is 18.2. The van der Waals surface area contributed by atoms with Crippen LogP contribution in [0.2, 0.25) is 0 Å². The topological polar surface area (TPSA) is 49.4 Å². The Labute approximate surface area is 187 Å². The minimum Gasteiger partial charge on any atom is -0.350 e. The molecule has 3 aromatic carbocycles. The van der Waals surface area contributed by atoms with Gasteiger partial charge >= 0.3 is 0 Å². The lowest BCUT2D eigenvalue weighted by Crippen LogP contribution is -2.32. The molecule has 0 atom stereocenters. The molecule has 0 aliphatic carbocycles. The summed E-state index contributed by atoms with van der Waals surface area (Å²) < 4.78 is 13.3. The first kappa shape index (κ1) is 21.5. The van der Waals surface area contributed by atoms with Crippen LogP contribution in [0, 0.1) is 12.7 Å². The highest BCUT2D eigenvalue weighted by atomic mass is 19.1. The highest BCUT2D eigenvalue weighted by Crippen LogP contribution is 2.34. The summed E-state index contributed by atoms with van der Waals surface area (Å²) in [6.07, 6.45) is 3.15. The van der Waals surface area contributed by atoms with E-state index in [9.17, 15) is 14.0 Å². The van der Waals surface area contributed by atoms with Gasteiger partial charge in [0.15, 0.2) is 0 Å². The van der Waals surface area contributed by atoms with Crippen molar-refractivity contribution in [2.45, 2.75) is 33.1 Å². The van der Waals surface area contributed by atoms with Gasteiger partial charge < -0.3 is 5.32 Å². The van der Waals surface area contributed by atoms with Crippen LogP contribution in [0.3, 0.4) is 0 Å². The Bertz CT molecular complexity index is 1160. The molecule has 32 heavy (non-hydrogen) atoms. The van der Waals surface area contributed by atoms with E-state index in [2.05, 4.69) is 12.2 Å². The Kier molecular flexibility index (Phi) is 6.17. The predicted octanol–water partition coefficient (Wildman–Crippen LogP) is 5.87. The van der Waals surface area contributed by atoms with Crippen molar-refractivity contribution in [2.24, 2.45) is 0 Å². The molecule has 1 aliphatic heterocycles. The summed E-state index contributed by atoms with van der Waals surface area (Å²) >= 11 is 0. The van der Waals surface area contributed by atoms with Crippen LogP contribution in [0.1, 0.15) is 36.5 Å². The van der Waals surface area contributed by atoms with Crippen molar-refractivity contribution in [2.75, 3.05) is 10.2 Å². The fourth-order valence-electron chi connectivity index (χ4n) is 3.74. The quantitative estimate of drug-likeness (QED) is 0.479. The molecule has 2 amide bonds. The van der Waals surface area contributed by atoms with Crippen molar-refractivity contribution in [3.63, 3.8) is 0 Å². The lowest BCUT2D eigenvalue weighted by molar-refractivity contribution is -0.120. The lowest BCUT2D eigenvalue weighted by atomic mass is 10.0. The Balaban J connectivity index is 1.72. The van der Waals surface area contributed by atoms with Crippen molar-refractivity contribution in [1.29, 1.82) is 0 Å². The fraction of sp³-hybridized carbons (Fsp3) is 0.185.